The third-order valence-corrected chi connectivity index (χ3v) is 5.14. The first-order valence-corrected chi connectivity index (χ1v) is 11.3. The van der Waals surface area contributed by atoms with Crippen molar-refractivity contribution in [1.82, 2.24) is 0 Å². The molecule has 0 aromatic rings. The summed E-state index contributed by atoms with van der Waals surface area (Å²) in [5.74, 6) is 0. The van der Waals surface area contributed by atoms with Crippen LogP contribution in [0.15, 0.2) is 0 Å². The highest BCUT2D eigenvalue weighted by Crippen LogP contribution is 2.21. The van der Waals surface area contributed by atoms with Crippen molar-refractivity contribution in [3.63, 3.8) is 0 Å². The van der Waals surface area contributed by atoms with Gasteiger partial charge in [-0.15, -0.1) is 0 Å². The van der Waals surface area contributed by atoms with Crippen LogP contribution in [0.2, 0.25) is 0 Å². The molecule has 0 radical (unpaired) electrons. The number of hydrogen-bond donors (Lipinski definition) is 4. The van der Waals surface area contributed by atoms with E-state index in [2.05, 4.69) is 13.8 Å². The maximum absolute atomic E-state index is 9.86. The Kier molecular flexibility index (Phi) is 19.0. The summed E-state index contributed by atoms with van der Waals surface area (Å²) < 4.78 is 6.27. The summed E-state index contributed by atoms with van der Waals surface area (Å²) in [5.41, 5.74) is 0. The van der Waals surface area contributed by atoms with Crippen LogP contribution in [0.3, 0.4) is 0 Å². The summed E-state index contributed by atoms with van der Waals surface area (Å²) in [6.07, 6.45) is 12.6. The van der Waals surface area contributed by atoms with Gasteiger partial charge in [-0.2, -0.15) is 0 Å². The summed E-state index contributed by atoms with van der Waals surface area (Å²) in [4.78, 5) is 0. The minimum absolute atomic E-state index is 0.111. The van der Waals surface area contributed by atoms with Crippen molar-refractivity contribution >= 4 is 0 Å². The zero-order valence-electron chi connectivity index (χ0n) is 17.8. The first kappa shape index (κ1) is 26.8. The van der Waals surface area contributed by atoms with Crippen LogP contribution in [-0.4, -0.2) is 58.1 Å². The van der Waals surface area contributed by atoms with Gasteiger partial charge in [0.2, 0.25) is 0 Å². The van der Waals surface area contributed by atoms with Crippen LogP contribution in [0.25, 0.3) is 0 Å². The van der Waals surface area contributed by atoms with Gasteiger partial charge in [-0.1, -0.05) is 78.1 Å². The molecule has 5 heteroatoms. The molecule has 0 aromatic carbocycles. The van der Waals surface area contributed by atoms with Crippen molar-refractivity contribution in [2.24, 2.45) is 0 Å². The summed E-state index contributed by atoms with van der Waals surface area (Å²) in [7, 11) is 0. The summed E-state index contributed by atoms with van der Waals surface area (Å²) in [6.45, 7) is 3.88. The summed E-state index contributed by atoms with van der Waals surface area (Å²) in [6, 6.07) is 0. The van der Waals surface area contributed by atoms with Gasteiger partial charge in [-0.25, -0.2) is 0 Å². The van der Waals surface area contributed by atoms with Crippen molar-refractivity contribution in [1.29, 1.82) is 0 Å². The van der Waals surface area contributed by atoms with Crippen LogP contribution in [-0.2, 0) is 4.74 Å². The van der Waals surface area contributed by atoms with E-state index in [1.54, 1.807) is 0 Å². The second-order valence-electron chi connectivity index (χ2n) is 7.93. The third-order valence-electron chi connectivity index (χ3n) is 5.14. The van der Waals surface area contributed by atoms with Crippen molar-refractivity contribution in [2.45, 2.75) is 128 Å². The molecule has 0 amide bonds. The second kappa shape index (κ2) is 19.1. The van der Waals surface area contributed by atoms with Gasteiger partial charge in [-0.05, 0) is 12.8 Å². The minimum Gasteiger partial charge on any atom is -0.394 e. The van der Waals surface area contributed by atoms with Crippen LogP contribution < -0.4 is 0 Å². The minimum atomic E-state index is -0.765. The number of rotatable bonds is 20. The molecule has 5 nitrogen and oxygen atoms in total. The zero-order valence-corrected chi connectivity index (χ0v) is 17.8. The lowest BCUT2D eigenvalue weighted by Crippen LogP contribution is -2.31. The lowest BCUT2D eigenvalue weighted by Gasteiger charge is -2.27. The van der Waals surface area contributed by atoms with Crippen molar-refractivity contribution in [3.05, 3.63) is 0 Å². The predicted octanol–water partition coefficient (Wildman–Crippen LogP) is 3.95. The van der Waals surface area contributed by atoms with Gasteiger partial charge in [0.25, 0.3) is 0 Å². The average Bonchev–Trinajstić information content (AvgIpc) is 2.66. The Bertz CT molecular complexity index is 272. The number of ether oxygens (including phenoxy) is 1. The molecule has 4 atom stereocenters. The average molecular weight is 391 g/mol. The Morgan fingerprint density at radius 2 is 0.963 bits per heavy atom. The highest BCUT2D eigenvalue weighted by Gasteiger charge is 2.21. The Hall–Kier alpha value is -0.200. The van der Waals surface area contributed by atoms with Crippen LogP contribution in [0.1, 0.15) is 104 Å². The Morgan fingerprint density at radius 1 is 0.593 bits per heavy atom. The Morgan fingerprint density at radius 3 is 1.30 bits per heavy atom. The monoisotopic (exact) mass is 390 g/mol. The number of unbranched alkanes of at least 4 members (excludes halogenated alkanes) is 8. The maximum atomic E-state index is 9.86. The molecule has 0 aromatic heterocycles. The van der Waals surface area contributed by atoms with E-state index in [0.717, 1.165) is 38.5 Å². The van der Waals surface area contributed by atoms with Gasteiger partial charge in [0.05, 0.1) is 37.6 Å². The van der Waals surface area contributed by atoms with E-state index >= 15 is 0 Å². The molecular weight excluding hydrogens is 344 g/mol. The van der Waals surface area contributed by atoms with Crippen LogP contribution >= 0.6 is 0 Å². The van der Waals surface area contributed by atoms with Crippen LogP contribution in [0, 0.1) is 0 Å². The fraction of sp³-hybridized carbons (Fsp3) is 1.00. The molecule has 0 bridgehead atoms. The van der Waals surface area contributed by atoms with E-state index in [9.17, 15) is 20.4 Å². The molecule has 0 rings (SSSR count). The quantitative estimate of drug-likeness (QED) is 0.236. The van der Waals surface area contributed by atoms with E-state index in [4.69, 9.17) is 4.74 Å². The predicted molar refractivity (Wildman–Crippen MR) is 111 cm³/mol. The lowest BCUT2D eigenvalue weighted by atomic mass is 10.0. The Labute approximate surface area is 167 Å². The SMILES string of the molecule is CCCCCCCC(CC(O)CO)OC(CCCCCCC)CC(O)CO. The van der Waals surface area contributed by atoms with Crippen LogP contribution in [0.5, 0.6) is 0 Å². The number of hydrogen-bond acceptors (Lipinski definition) is 5. The van der Waals surface area contributed by atoms with Gasteiger partial charge >= 0.3 is 0 Å². The molecule has 164 valence electrons. The number of aliphatic hydroxyl groups excluding tert-OH is 4. The van der Waals surface area contributed by atoms with E-state index < -0.39 is 12.2 Å². The van der Waals surface area contributed by atoms with Crippen molar-refractivity contribution < 1.29 is 25.2 Å². The molecule has 0 saturated carbocycles. The molecule has 4 unspecified atom stereocenters. The van der Waals surface area contributed by atoms with Crippen molar-refractivity contribution in [2.75, 3.05) is 13.2 Å². The fourth-order valence-electron chi connectivity index (χ4n) is 3.46. The van der Waals surface area contributed by atoms with Gasteiger partial charge < -0.3 is 25.2 Å². The standard InChI is InChI=1S/C22H46O5/c1-3-5-7-9-11-13-21(15-19(25)17-23)27-22(16-20(26)18-24)14-12-10-8-6-4-2/h19-26H,3-18H2,1-2H3. The smallest absolute Gasteiger partial charge is 0.0795 e. The molecule has 0 heterocycles. The van der Waals surface area contributed by atoms with E-state index in [1.165, 1.54) is 38.5 Å². The third kappa shape index (κ3) is 16.5. The lowest BCUT2D eigenvalue weighted by molar-refractivity contribution is -0.0712. The molecule has 0 aliphatic rings. The first-order chi connectivity index (χ1) is 13.1. The molecule has 0 fully saturated rings. The van der Waals surface area contributed by atoms with E-state index in [0.29, 0.717) is 12.8 Å². The molecule has 4 N–H and O–H groups in total. The highest BCUT2D eigenvalue weighted by atomic mass is 16.5. The fourth-order valence-corrected chi connectivity index (χ4v) is 3.46. The van der Waals surface area contributed by atoms with Gasteiger partial charge in [0.15, 0.2) is 0 Å². The van der Waals surface area contributed by atoms with Gasteiger partial charge in [-0.3, -0.25) is 0 Å². The molecule has 0 saturated heterocycles. The molecule has 0 aliphatic carbocycles. The Balaban J connectivity index is 4.55. The topological polar surface area (TPSA) is 90.2 Å². The zero-order chi connectivity index (χ0) is 20.3. The summed E-state index contributed by atoms with van der Waals surface area (Å²) in [5, 5.41) is 38.1. The molecule has 0 spiro atoms. The largest absolute Gasteiger partial charge is 0.394 e. The van der Waals surface area contributed by atoms with E-state index in [-0.39, 0.29) is 25.4 Å². The van der Waals surface area contributed by atoms with Gasteiger partial charge in [0, 0.05) is 12.8 Å². The normalized spacial score (nSPS) is 16.2. The molecule has 0 aliphatic heterocycles. The molecule has 27 heavy (non-hydrogen) atoms. The van der Waals surface area contributed by atoms with E-state index in [1.807, 2.05) is 0 Å². The van der Waals surface area contributed by atoms with Gasteiger partial charge in [0.1, 0.15) is 0 Å². The second-order valence-corrected chi connectivity index (χ2v) is 7.93. The molecular formula is C22H46O5. The summed E-state index contributed by atoms with van der Waals surface area (Å²) >= 11 is 0. The van der Waals surface area contributed by atoms with Crippen LogP contribution in [0.4, 0.5) is 0 Å². The number of aliphatic hydroxyl groups is 4. The first-order valence-electron chi connectivity index (χ1n) is 11.3. The van der Waals surface area contributed by atoms with Crippen molar-refractivity contribution in [3.8, 4) is 0 Å². The highest BCUT2D eigenvalue weighted by molar-refractivity contribution is 4.71. The maximum Gasteiger partial charge on any atom is 0.0795 e.